The minimum absolute atomic E-state index is 0.339. The number of aryl methyl sites for hydroxylation is 1. The number of rotatable bonds is 6. The van der Waals surface area contributed by atoms with E-state index in [9.17, 15) is 5.11 Å². The van der Waals surface area contributed by atoms with Crippen LogP contribution in [0.15, 0.2) is 48.5 Å². The predicted octanol–water partition coefficient (Wildman–Crippen LogP) is 4.33. The lowest BCUT2D eigenvalue weighted by atomic mass is 9.97. The molecule has 21 heavy (non-hydrogen) atoms. The number of ether oxygens (including phenoxy) is 1. The van der Waals surface area contributed by atoms with Crippen molar-refractivity contribution in [3.05, 3.63) is 70.2 Å². The van der Waals surface area contributed by atoms with Crippen molar-refractivity contribution >= 4 is 11.6 Å². The molecule has 2 aromatic rings. The van der Waals surface area contributed by atoms with Crippen molar-refractivity contribution in [2.24, 2.45) is 0 Å². The number of aliphatic hydroxyl groups is 1. The maximum Gasteiger partial charge on any atom is 0.109 e. The van der Waals surface area contributed by atoms with Crippen molar-refractivity contribution in [3.63, 3.8) is 0 Å². The van der Waals surface area contributed by atoms with Crippen LogP contribution in [-0.4, -0.2) is 17.8 Å². The van der Waals surface area contributed by atoms with Crippen LogP contribution in [0.5, 0.6) is 0 Å². The molecule has 0 heterocycles. The molecule has 0 saturated heterocycles. The Morgan fingerprint density at radius 3 is 2.48 bits per heavy atom. The van der Waals surface area contributed by atoms with Gasteiger partial charge in [0.25, 0.3) is 0 Å². The van der Waals surface area contributed by atoms with Crippen molar-refractivity contribution in [2.75, 3.05) is 6.61 Å². The third-order valence-electron chi connectivity index (χ3n) is 3.46. The van der Waals surface area contributed by atoms with Crippen LogP contribution in [0.25, 0.3) is 0 Å². The van der Waals surface area contributed by atoms with Gasteiger partial charge >= 0.3 is 0 Å². The molecule has 0 amide bonds. The van der Waals surface area contributed by atoms with Gasteiger partial charge in [0.05, 0.1) is 6.10 Å². The summed E-state index contributed by atoms with van der Waals surface area (Å²) in [4.78, 5) is 0. The molecule has 0 aliphatic carbocycles. The summed E-state index contributed by atoms with van der Waals surface area (Å²) >= 11 is 6.25. The third kappa shape index (κ3) is 4.31. The fourth-order valence-electron chi connectivity index (χ4n) is 2.40. The Balaban J connectivity index is 2.17. The zero-order valence-corrected chi connectivity index (χ0v) is 13.2. The molecule has 0 fully saturated rings. The van der Waals surface area contributed by atoms with Gasteiger partial charge in [-0.25, -0.2) is 0 Å². The molecule has 2 atom stereocenters. The lowest BCUT2D eigenvalue weighted by Crippen LogP contribution is -2.24. The molecule has 1 N–H and O–H groups in total. The molecule has 0 aromatic heterocycles. The summed E-state index contributed by atoms with van der Waals surface area (Å²) in [6, 6.07) is 15.7. The number of hydrogen-bond acceptors (Lipinski definition) is 2. The molecule has 2 unspecified atom stereocenters. The molecule has 2 nitrogen and oxygen atoms in total. The second-order valence-electron chi connectivity index (χ2n) is 5.15. The van der Waals surface area contributed by atoms with Crippen molar-refractivity contribution in [2.45, 2.75) is 32.5 Å². The molecule has 0 aliphatic rings. The van der Waals surface area contributed by atoms with Gasteiger partial charge in [-0.1, -0.05) is 54.1 Å². The van der Waals surface area contributed by atoms with E-state index in [1.807, 2.05) is 62.4 Å². The van der Waals surface area contributed by atoms with E-state index in [0.29, 0.717) is 18.1 Å². The topological polar surface area (TPSA) is 29.5 Å². The normalized spacial score (nSPS) is 13.9. The number of benzene rings is 2. The third-order valence-corrected chi connectivity index (χ3v) is 3.81. The van der Waals surface area contributed by atoms with E-state index in [0.717, 1.165) is 16.7 Å². The lowest BCUT2D eigenvalue weighted by molar-refractivity contribution is -0.0339. The first-order chi connectivity index (χ1) is 10.1. The van der Waals surface area contributed by atoms with Crippen LogP contribution < -0.4 is 0 Å². The smallest absolute Gasteiger partial charge is 0.109 e. The van der Waals surface area contributed by atoms with E-state index in [4.69, 9.17) is 16.3 Å². The number of hydrogen-bond donors (Lipinski definition) is 1. The van der Waals surface area contributed by atoms with Gasteiger partial charge in [-0.15, -0.1) is 0 Å². The van der Waals surface area contributed by atoms with E-state index in [1.165, 1.54) is 0 Å². The predicted molar refractivity (Wildman–Crippen MR) is 86.7 cm³/mol. The Hall–Kier alpha value is -1.35. The minimum atomic E-state index is -0.632. The summed E-state index contributed by atoms with van der Waals surface area (Å²) in [6.45, 7) is 4.48. The molecule has 0 spiro atoms. The average Bonchev–Trinajstić information content (AvgIpc) is 2.48. The van der Waals surface area contributed by atoms with Crippen LogP contribution >= 0.6 is 11.6 Å². The first-order valence-corrected chi connectivity index (χ1v) is 7.59. The molecular weight excluding hydrogens is 284 g/mol. The highest BCUT2D eigenvalue weighted by atomic mass is 35.5. The zero-order chi connectivity index (χ0) is 15.2. The maximum absolute atomic E-state index is 10.6. The summed E-state index contributed by atoms with van der Waals surface area (Å²) in [7, 11) is 0. The molecule has 0 aliphatic heterocycles. The first-order valence-electron chi connectivity index (χ1n) is 7.21. The van der Waals surface area contributed by atoms with Gasteiger partial charge in [0.15, 0.2) is 0 Å². The van der Waals surface area contributed by atoms with Gasteiger partial charge in [0.2, 0.25) is 0 Å². The van der Waals surface area contributed by atoms with E-state index >= 15 is 0 Å². The molecule has 2 aromatic carbocycles. The summed E-state index contributed by atoms with van der Waals surface area (Å²) in [5, 5.41) is 11.2. The lowest BCUT2D eigenvalue weighted by Gasteiger charge is -2.24. The van der Waals surface area contributed by atoms with Crippen molar-refractivity contribution in [1.29, 1.82) is 0 Å². The highest BCUT2D eigenvalue weighted by molar-refractivity contribution is 6.31. The van der Waals surface area contributed by atoms with E-state index in [2.05, 4.69) is 0 Å². The standard InChI is InChI=1S/C18H21ClO2/c1-3-21-18(14-7-5-4-6-8-14)17(20)12-15-10-9-13(2)11-16(15)19/h4-11,17-18,20H,3,12H2,1-2H3. The summed E-state index contributed by atoms with van der Waals surface area (Å²) in [5.41, 5.74) is 3.04. The Bertz CT molecular complexity index is 569. The van der Waals surface area contributed by atoms with Crippen LogP contribution in [0.2, 0.25) is 5.02 Å². The summed E-state index contributed by atoms with van der Waals surface area (Å²) in [5.74, 6) is 0. The number of halogens is 1. The van der Waals surface area contributed by atoms with Crippen LogP contribution in [0, 0.1) is 6.92 Å². The SMILES string of the molecule is CCOC(c1ccccc1)C(O)Cc1ccc(C)cc1Cl. The Kier molecular flexibility index (Phi) is 5.80. The van der Waals surface area contributed by atoms with Crippen molar-refractivity contribution in [3.8, 4) is 0 Å². The van der Waals surface area contributed by atoms with Crippen LogP contribution in [-0.2, 0) is 11.2 Å². The van der Waals surface area contributed by atoms with Crippen molar-refractivity contribution < 1.29 is 9.84 Å². The van der Waals surface area contributed by atoms with Gasteiger partial charge in [-0.3, -0.25) is 0 Å². The van der Waals surface area contributed by atoms with Gasteiger partial charge < -0.3 is 9.84 Å². The van der Waals surface area contributed by atoms with E-state index in [-0.39, 0.29) is 6.10 Å². The fourth-order valence-corrected chi connectivity index (χ4v) is 2.71. The quantitative estimate of drug-likeness (QED) is 0.860. The van der Waals surface area contributed by atoms with Gasteiger partial charge in [-0.05, 0) is 36.6 Å². The Labute approximate surface area is 131 Å². The molecule has 0 saturated carbocycles. The summed E-state index contributed by atoms with van der Waals surface area (Å²) in [6.07, 6.45) is -0.500. The molecule has 2 rings (SSSR count). The Morgan fingerprint density at radius 1 is 1.14 bits per heavy atom. The Morgan fingerprint density at radius 2 is 1.86 bits per heavy atom. The first kappa shape index (κ1) is 16.0. The highest BCUT2D eigenvalue weighted by Gasteiger charge is 2.22. The fraction of sp³-hybridized carbons (Fsp3) is 0.333. The molecular formula is C18H21ClO2. The molecule has 112 valence electrons. The van der Waals surface area contributed by atoms with Crippen LogP contribution in [0.4, 0.5) is 0 Å². The second-order valence-corrected chi connectivity index (χ2v) is 5.56. The van der Waals surface area contributed by atoms with E-state index in [1.54, 1.807) is 0 Å². The van der Waals surface area contributed by atoms with Crippen molar-refractivity contribution in [1.82, 2.24) is 0 Å². The molecule has 0 bridgehead atoms. The highest BCUT2D eigenvalue weighted by Crippen LogP contribution is 2.26. The maximum atomic E-state index is 10.6. The monoisotopic (exact) mass is 304 g/mol. The summed E-state index contributed by atoms with van der Waals surface area (Å²) < 4.78 is 5.73. The van der Waals surface area contributed by atoms with Crippen LogP contribution in [0.3, 0.4) is 0 Å². The largest absolute Gasteiger partial charge is 0.390 e. The zero-order valence-electron chi connectivity index (χ0n) is 12.4. The van der Waals surface area contributed by atoms with Gasteiger partial charge in [0, 0.05) is 18.1 Å². The number of aliphatic hydroxyl groups excluding tert-OH is 1. The van der Waals surface area contributed by atoms with Crippen LogP contribution in [0.1, 0.15) is 29.7 Å². The van der Waals surface area contributed by atoms with Gasteiger partial charge in [0.1, 0.15) is 6.10 Å². The molecule has 0 radical (unpaired) electrons. The minimum Gasteiger partial charge on any atom is -0.390 e. The average molecular weight is 305 g/mol. The molecule has 3 heteroatoms. The van der Waals surface area contributed by atoms with E-state index < -0.39 is 6.10 Å². The van der Waals surface area contributed by atoms with Gasteiger partial charge in [-0.2, -0.15) is 0 Å². The second kappa shape index (κ2) is 7.60.